The van der Waals surface area contributed by atoms with Gasteiger partial charge in [-0.1, -0.05) is 91.7 Å². The maximum absolute atomic E-state index is 13.3. The van der Waals surface area contributed by atoms with E-state index in [0.29, 0.717) is 0 Å². The molecule has 0 fully saturated rings. The van der Waals surface area contributed by atoms with Gasteiger partial charge in [-0.05, 0) is 23.2 Å². The van der Waals surface area contributed by atoms with Crippen LogP contribution in [0, 0.1) is 0 Å². The van der Waals surface area contributed by atoms with Gasteiger partial charge in [0.1, 0.15) is 0 Å². The molecule has 3 heteroatoms. The van der Waals surface area contributed by atoms with Gasteiger partial charge in [-0.25, -0.2) is 0 Å². The molecule has 0 atom stereocenters. The predicted molar refractivity (Wildman–Crippen MR) is 139 cm³/mol. The van der Waals surface area contributed by atoms with Crippen LogP contribution in [-0.4, -0.2) is 10.3 Å². The Bertz CT molecular complexity index is 920. The molecule has 0 aromatic heterocycles. The molecule has 0 heterocycles. The van der Waals surface area contributed by atoms with Crippen molar-refractivity contribution in [2.45, 2.75) is 84.5 Å². The molecule has 3 aromatic rings. The Kier molecular flexibility index (Phi) is 11.0. The maximum atomic E-state index is 13.3. The van der Waals surface area contributed by atoms with Gasteiger partial charge in [0, 0.05) is 17.1 Å². The van der Waals surface area contributed by atoms with Crippen LogP contribution in [0.15, 0.2) is 72.8 Å². The Morgan fingerprint density at radius 1 is 0.875 bits per heavy atom. The van der Waals surface area contributed by atoms with Gasteiger partial charge in [0.05, 0.1) is 0 Å². The summed E-state index contributed by atoms with van der Waals surface area (Å²) in [5.74, 6) is 0. The Labute approximate surface area is 207 Å². The summed E-state index contributed by atoms with van der Waals surface area (Å²) < 4.78 is 13.3. The quantitative estimate of drug-likeness (QED) is 0.145. The molecule has 0 aliphatic rings. The molecule has 0 radical (unpaired) electrons. The Morgan fingerprint density at radius 3 is 1.94 bits per heavy atom. The van der Waals surface area contributed by atoms with Crippen molar-refractivity contribution < 1.29 is 21.6 Å². The fourth-order valence-corrected chi connectivity index (χ4v) is 8.56. The minimum Gasteiger partial charge on any atom is -0.747 e. The van der Waals surface area contributed by atoms with Crippen molar-refractivity contribution in [1.82, 2.24) is 0 Å². The number of aryl methyl sites for hydroxylation is 1. The third-order valence-corrected chi connectivity index (χ3v) is 10.7. The molecular formula is C29H41FeOP-6. The summed E-state index contributed by atoms with van der Waals surface area (Å²) in [4.78, 5) is 0. The topological polar surface area (TPSA) is 17.1 Å². The van der Waals surface area contributed by atoms with Crippen molar-refractivity contribution in [3.63, 3.8) is 0 Å². The van der Waals surface area contributed by atoms with E-state index in [0.717, 1.165) is 5.30 Å². The summed E-state index contributed by atoms with van der Waals surface area (Å²) in [6, 6.07) is 25.4. The first kappa shape index (κ1) is 28.7. The monoisotopic (exact) mass is 492 g/mol. The van der Waals surface area contributed by atoms with Crippen LogP contribution in [0.4, 0.5) is 0 Å². The number of benzene rings is 1. The van der Waals surface area contributed by atoms with Crippen molar-refractivity contribution >= 4 is 12.4 Å². The molecule has 0 spiro atoms. The third kappa shape index (κ3) is 7.08. The van der Waals surface area contributed by atoms with Gasteiger partial charge >= 0.3 is 0 Å². The van der Waals surface area contributed by atoms with Crippen LogP contribution in [0.5, 0.6) is 0 Å². The Morgan fingerprint density at radius 2 is 1.44 bits per heavy atom. The summed E-state index contributed by atoms with van der Waals surface area (Å²) in [5.41, 5.74) is 4.14. The van der Waals surface area contributed by atoms with Gasteiger partial charge in [0.2, 0.25) is 0 Å². The standard InChI is InChI=1S/C16H19.C13H22OP.Fe/c1-2-3-4-8-14-9-7-12-16(13-14)15-10-5-6-11-15;1-12(2,3)15(14,13(4,5)6)11-9-7-8-10-11;/h5-7,9-13H,2-4,8H2,1H3;7-10H,1-6H3;/q-1;-5;. The van der Waals surface area contributed by atoms with E-state index >= 15 is 0 Å². The second-order valence-electron chi connectivity index (χ2n) is 10.4. The van der Waals surface area contributed by atoms with E-state index < -0.39 is 7.14 Å². The largest absolute Gasteiger partial charge is 0.747 e. The van der Waals surface area contributed by atoms with Crippen molar-refractivity contribution in [2.24, 2.45) is 0 Å². The summed E-state index contributed by atoms with van der Waals surface area (Å²) in [7, 11) is -2.39. The van der Waals surface area contributed by atoms with Crippen LogP contribution >= 0.6 is 7.14 Å². The molecule has 0 amide bonds. The number of rotatable bonds is 6. The van der Waals surface area contributed by atoms with E-state index in [-0.39, 0.29) is 27.4 Å². The summed E-state index contributed by atoms with van der Waals surface area (Å²) >= 11 is 0. The van der Waals surface area contributed by atoms with Crippen molar-refractivity contribution in [1.29, 1.82) is 0 Å². The van der Waals surface area contributed by atoms with E-state index in [1.54, 1.807) is 0 Å². The van der Waals surface area contributed by atoms with Gasteiger partial charge in [0.25, 0.3) is 0 Å². The molecule has 0 saturated heterocycles. The molecule has 0 unspecified atom stereocenters. The normalized spacial score (nSPS) is 12.0. The zero-order valence-electron chi connectivity index (χ0n) is 21.0. The number of hydrogen-bond acceptors (Lipinski definition) is 1. The average molecular weight is 492 g/mol. The van der Waals surface area contributed by atoms with Gasteiger partial charge in [0.15, 0.2) is 0 Å². The van der Waals surface area contributed by atoms with Gasteiger partial charge in [-0.2, -0.15) is 12.1 Å². The van der Waals surface area contributed by atoms with E-state index in [1.807, 2.05) is 24.3 Å². The average Bonchev–Trinajstić information content (AvgIpc) is 3.41. The zero-order chi connectivity index (χ0) is 23.1. The second-order valence-corrected chi connectivity index (χ2v) is 14.8. The zero-order valence-corrected chi connectivity index (χ0v) is 23.0. The fraction of sp³-hybridized carbons (Fsp3) is 0.448. The molecule has 0 aliphatic heterocycles. The van der Waals surface area contributed by atoms with Crippen LogP contribution in [0.3, 0.4) is 0 Å². The Balaban J connectivity index is 0.000000311. The smallest absolute Gasteiger partial charge is 0 e. The molecule has 32 heavy (non-hydrogen) atoms. The number of hydrogen-bond donors (Lipinski definition) is 0. The summed E-state index contributed by atoms with van der Waals surface area (Å²) in [6.45, 7) is 14.7. The number of unbranched alkanes of at least 4 members (excludes halogenated alkanes) is 2. The molecule has 0 aliphatic carbocycles. The maximum Gasteiger partial charge on any atom is 0 e. The molecule has 3 aromatic carbocycles. The SMILES string of the molecule is CC(C)(C)P(=O)([c-]1[cH-][cH-][cH-][cH-]1)C(C)(C)C.CCCCCc1cccc(-[c-]2cccc2)c1.[Fe]. The first-order valence-corrected chi connectivity index (χ1v) is 13.3. The van der Waals surface area contributed by atoms with Crippen LogP contribution in [0.25, 0.3) is 11.1 Å². The molecule has 0 N–H and O–H groups in total. The van der Waals surface area contributed by atoms with E-state index in [9.17, 15) is 4.57 Å². The third-order valence-electron chi connectivity index (χ3n) is 5.89. The van der Waals surface area contributed by atoms with Crippen LogP contribution in [-0.2, 0) is 28.1 Å². The van der Waals surface area contributed by atoms with E-state index in [1.165, 1.54) is 42.4 Å². The minimum absolute atomic E-state index is 0. The first-order chi connectivity index (χ1) is 14.5. The van der Waals surface area contributed by atoms with E-state index in [2.05, 4.69) is 97.0 Å². The Hall–Kier alpha value is -1.33. The van der Waals surface area contributed by atoms with Crippen LogP contribution in [0.2, 0.25) is 0 Å². The molecule has 182 valence electrons. The summed E-state index contributed by atoms with van der Waals surface area (Å²) in [5, 5.41) is 0.654. The van der Waals surface area contributed by atoms with Crippen molar-refractivity contribution in [3.8, 4) is 11.1 Å². The van der Waals surface area contributed by atoms with Gasteiger partial charge in [-0.15, -0.1) is 29.8 Å². The second kappa shape index (κ2) is 12.2. The fourth-order valence-electron chi connectivity index (χ4n) is 4.41. The van der Waals surface area contributed by atoms with Gasteiger partial charge < -0.3 is 34.1 Å². The summed E-state index contributed by atoms with van der Waals surface area (Å²) in [6.07, 6.45) is 5.15. The molecule has 0 bridgehead atoms. The van der Waals surface area contributed by atoms with Crippen LogP contribution < -0.4 is 5.30 Å². The molecule has 3 rings (SSSR count). The van der Waals surface area contributed by atoms with Crippen molar-refractivity contribution in [2.75, 3.05) is 0 Å². The van der Waals surface area contributed by atoms with Crippen LogP contribution in [0.1, 0.15) is 73.3 Å². The minimum atomic E-state index is -2.39. The predicted octanol–water partition coefficient (Wildman–Crippen LogP) is 8.79. The molecule has 0 saturated carbocycles. The molecule has 1 nitrogen and oxygen atoms in total. The van der Waals surface area contributed by atoms with Gasteiger partial charge in [-0.3, -0.25) is 0 Å². The van der Waals surface area contributed by atoms with E-state index in [4.69, 9.17) is 0 Å². The first-order valence-electron chi connectivity index (χ1n) is 11.6. The van der Waals surface area contributed by atoms with Crippen molar-refractivity contribution in [3.05, 3.63) is 78.4 Å². The molecular weight excluding hydrogens is 451 g/mol.